The molecule has 2 fully saturated rings. The van der Waals surface area contributed by atoms with E-state index in [0.717, 1.165) is 25.9 Å². The molecule has 2 saturated heterocycles. The molecule has 3 amide bonds. The van der Waals surface area contributed by atoms with Crippen LogP contribution in [0, 0.1) is 5.92 Å². The number of amides is 3. The summed E-state index contributed by atoms with van der Waals surface area (Å²) >= 11 is 6.18. The molecular weight excluding hydrogens is 351 g/mol. The summed E-state index contributed by atoms with van der Waals surface area (Å²) in [6.07, 6.45) is 2.28. The highest BCUT2D eigenvalue weighted by Crippen LogP contribution is 2.28. The van der Waals surface area contributed by atoms with Crippen LogP contribution in [-0.4, -0.2) is 44.7 Å². The zero-order valence-electron chi connectivity index (χ0n) is 13.3. The molecule has 2 aliphatic rings. The molecule has 2 aliphatic heterocycles. The minimum absolute atomic E-state index is 0. The third kappa shape index (κ3) is 4.32. The number of benzene rings is 1. The first-order valence-corrected chi connectivity index (χ1v) is 8.37. The van der Waals surface area contributed by atoms with Crippen molar-refractivity contribution in [1.82, 2.24) is 16.0 Å². The van der Waals surface area contributed by atoms with E-state index in [4.69, 9.17) is 11.6 Å². The molecule has 6 nitrogen and oxygen atoms in total. The van der Waals surface area contributed by atoms with Crippen molar-refractivity contribution >= 4 is 41.6 Å². The molecule has 0 spiro atoms. The van der Waals surface area contributed by atoms with Gasteiger partial charge in [-0.15, -0.1) is 12.4 Å². The minimum atomic E-state index is -0.183. The molecule has 8 heteroatoms. The summed E-state index contributed by atoms with van der Waals surface area (Å²) in [5, 5.41) is 9.51. The number of anilines is 1. The van der Waals surface area contributed by atoms with E-state index in [9.17, 15) is 9.59 Å². The van der Waals surface area contributed by atoms with E-state index in [0.29, 0.717) is 41.8 Å². The van der Waals surface area contributed by atoms with E-state index in [2.05, 4.69) is 16.0 Å². The highest BCUT2D eigenvalue weighted by molar-refractivity contribution is 6.34. The summed E-state index contributed by atoms with van der Waals surface area (Å²) in [5.74, 6) is 0.344. The first-order valence-electron chi connectivity index (χ1n) is 7.99. The van der Waals surface area contributed by atoms with E-state index in [-0.39, 0.29) is 24.3 Å². The standard InChI is InChI=1S/C16H21ClN4O2.ClH/c17-13-4-3-12(8-14(13)21-7-6-19-16(21)23)15(22)20-10-11-2-1-5-18-9-11;/h3-4,8,11,18H,1-2,5-7,9-10H2,(H,19,23)(H,20,22);1H. The molecular formula is C16H22Cl2N4O2. The number of carbonyl (C=O) groups is 2. The Kier molecular flexibility index (Phi) is 6.71. The number of piperidine rings is 1. The normalized spacial score (nSPS) is 20.3. The van der Waals surface area contributed by atoms with E-state index in [1.807, 2.05) is 0 Å². The minimum Gasteiger partial charge on any atom is -0.352 e. The van der Waals surface area contributed by atoms with Crippen LogP contribution < -0.4 is 20.9 Å². The van der Waals surface area contributed by atoms with E-state index in [1.54, 1.807) is 23.1 Å². The number of nitrogens with zero attached hydrogens (tertiary/aromatic N) is 1. The summed E-state index contributed by atoms with van der Waals surface area (Å²) in [6, 6.07) is 4.85. The van der Waals surface area contributed by atoms with Crippen molar-refractivity contribution in [3.05, 3.63) is 28.8 Å². The number of hydrogen-bond acceptors (Lipinski definition) is 3. The van der Waals surface area contributed by atoms with Crippen molar-refractivity contribution in [3.8, 4) is 0 Å². The Hall–Kier alpha value is -1.50. The highest BCUT2D eigenvalue weighted by Gasteiger charge is 2.24. The van der Waals surface area contributed by atoms with Gasteiger partial charge in [-0.25, -0.2) is 4.79 Å². The molecule has 1 unspecified atom stereocenters. The SMILES string of the molecule is Cl.O=C(NCC1CCCNC1)c1ccc(Cl)c(N2CCNC2=O)c1. The monoisotopic (exact) mass is 372 g/mol. The molecule has 0 radical (unpaired) electrons. The van der Waals surface area contributed by atoms with Crippen LogP contribution in [0.5, 0.6) is 0 Å². The molecule has 1 aromatic rings. The summed E-state index contributed by atoms with van der Waals surface area (Å²) < 4.78 is 0. The zero-order valence-corrected chi connectivity index (χ0v) is 14.9. The van der Waals surface area contributed by atoms with Crippen LogP contribution in [-0.2, 0) is 0 Å². The number of hydrogen-bond donors (Lipinski definition) is 3. The van der Waals surface area contributed by atoms with E-state index < -0.39 is 0 Å². The molecule has 2 heterocycles. The summed E-state index contributed by atoms with van der Waals surface area (Å²) in [5.41, 5.74) is 1.10. The van der Waals surface area contributed by atoms with Crippen LogP contribution in [0.3, 0.4) is 0 Å². The van der Waals surface area contributed by atoms with Gasteiger partial charge in [-0.05, 0) is 50.0 Å². The lowest BCUT2D eigenvalue weighted by Crippen LogP contribution is -2.38. The van der Waals surface area contributed by atoms with Gasteiger partial charge >= 0.3 is 6.03 Å². The van der Waals surface area contributed by atoms with Crippen molar-refractivity contribution in [2.24, 2.45) is 5.92 Å². The maximum absolute atomic E-state index is 12.4. The van der Waals surface area contributed by atoms with Crippen LogP contribution in [0.25, 0.3) is 0 Å². The van der Waals surface area contributed by atoms with Crippen molar-refractivity contribution < 1.29 is 9.59 Å². The average Bonchev–Trinajstić information content (AvgIpc) is 3.00. The molecule has 0 aromatic heterocycles. The molecule has 3 rings (SSSR count). The predicted octanol–water partition coefficient (Wildman–Crippen LogP) is 2.02. The van der Waals surface area contributed by atoms with Gasteiger partial charge in [-0.3, -0.25) is 9.69 Å². The molecule has 3 N–H and O–H groups in total. The number of carbonyl (C=O) groups excluding carboxylic acids is 2. The maximum atomic E-state index is 12.4. The van der Waals surface area contributed by atoms with Gasteiger partial charge in [0.25, 0.3) is 5.91 Å². The number of halogens is 2. The van der Waals surface area contributed by atoms with Crippen molar-refractivity contribution in [1.29, 1.82) is 0 Å². The maximum Gasteiger partial charge on any atom is 0.322 e. The molecule has 0 saturated carbocycles. The fraction of sp³-hybridized carbons (Fsp3) is 0.500. The Labute approximate surface area is 152 Å². The lowest BCUT2D eigenvalue weighted by Gasteiger charge is -2.23. The van der Waals surface area contributed by atoms with Crippen LogP contribution >= 0.6 is 24.0 Å². The molecule has 0 aliphatic carbocycles. The average molecular weight is 373 g/mol. The van der Waals surface area contributed by atoms with Gasteiger partial charge in [-0.1, -0.05) is 11.6 Å². The lowest BCUT2D eigenvalue weighted by atomic mass is 9.99. The quantitative estimate of drug-likeness (QED) is 0.756. The number of urea groups is 1. The smallest absolute Gasteiger partial charge is 0.322 e. The van der Waals surface area contributed by atoms with Gasteiger partial charge < -0.3 is 16.0 Å². The van der Waals surface area contributed by atoms with Crippen molar-refractivity contribution in [3.63, 3.8) is 0 Å². The van der Waals surface area contributed by atoms with Crippen molar-refractivity contribution in [2.75, 3.05) is 37.6 Å². The third-order valence-electron chi connectivity index (χ3n) is 4.31. The highest BCUT2D eigenvalue weighted by atomic mass is 35.5. The molecule has 1 aromatic carbocycles. The predicted molar refractivity (Wildman–Crippen MR) is 97.4 cm³/mol. The number of nitrogens with one attached hydrogen (secondary N) is 3. The molecule has 1 atom stereocenters. The molecule has 132 valence electrons. The van der Waals surface area contributed by atoms with Crippen molar-refractivity contribution in [2.45, 2.75) is 12.8 Å². The van der Waals surface area contributed by atoms with Gasteiger partial charge in [0.2, 0.25) is 0 Å². The van der Waals surface area contributed by atoms with Gasteiger partial charge in [0, 0.05) is 25.2 Å². The fourth-order valence-electron chi connectivity index (χ4n) is 3.00. The Morgan fingerprint density at radius 1 is 1.38 bits per heavy atom. The second-order valence-electron chi connectivity index (χ2n) is 5.97. The number of rotatable bonds is 4. The first kappa shape index (κ1) is 18.8. The van der Waals surface area contributed by atoms with Gasteiger partial charge in [0.15, 0.2) is 0 Å². The Bertz CT molecular complexity index is 606. The Balaban J connectivity index is 0.00000208. The van der Waals surface area contributed by atoms with Gasteiger partial charge in [0.05, 0.1) is 10.7 Å². The van der Waals surface area contributed by atoms with E-state index >= 15 is 0 Å². The summed E-state index contributed by atoms with van der Waals surface area (Å²) in [6.45, 7) is 3.80. The Morgan fingerprint density at radius 3 is 2.88 bits per heavy atom. The topological polar surface area (TPSA) is 73.5 Å². The lowest BCUT2D eigenvalue weighted by molar-refractivity contribution is 0.0945. The van der Waals surface area contributed by atoms with E-state index in [1.165, 1.54) is 0 Å². The second-order valence-corrected chi connectivity index (χ2v) is 6.38. The summed E-state index contributed by atoms with van der Waals surface area (Å²) in [7, 11) is 0. The second kappa shape index (κ2) is 8.55. The van der Waals surface area contributed by atoms with Crippen LogP contribution in [0.15, 0.2) is 18.2 Å². The summed E-state index contributed by atoms with van der Waals surface area (Å²) in [4.78, 5) is 25.7. The van der Waals surface area contributed by atoms with Crippen LogP contribution in [0.2, 0.25) is 5.02 Å². The van der Waals surface area contributed by atoms with Crippen LogP contribution in [0.4, 0.5) is 10.5 Å². The largest absolute Gasteiger partial charge is 0.352 e. The molecule has 0 bridgehead atoms. The zero-order chi connectivity index (χ0) is 16.2. The first-order chi connectivity index (χ1) is 11.1. The third-order valence-corrected chi connectivity index (χ3v) is 4.63. The van der Waals surface area contributed by atoms with Crippen LogP contribution in [0.1, 0.15) is 23.2 Å². The van der Waals surface area contributed by atoms with Gasteiger partial charge in [0.1, 0.15) is 0 Å². The molecule has 24 heavy (non-hydrogen) atoms. The van der Waals surface area contributed by atoms with Gasteiger partial charge in [-0.2, -0.15) is 0 Å². The fourth-order valence-corrected chi connectivity index (χ4v) is 3.22. The Morgan fingerprint density at radius 2 is 2.21 bits per heavy atom.